The van der Waals surface area contributed by atoms with Gasteiger partial charge in [0.25, 0.3) is 0 Å². The van der Waals surface area contributed by atoms with Crippen LogP contribution in [0, 0.1) is 6.92 Å². The third kappa shape index (κ3) is 3.27. The molecule has 0 aromatic heterocycles. The fourth-order valence-electron chi connectivity index (χ4n) is 2.51. The van der Waals surface area contributed by atoms with E-state index in [0.29, 0.717) is 22.3 Å². The van der Waals surface area contributed by atoms with Crippen LogP contribution < -0.4 is 0 Å². The molecule has 0 bridgehead atoms. The lowest BCUT2D eigenvalue weighted by atomic mass is 9.97. The largest absolute Gasteiger partial charge is 0.289 e. The monoisotopic (exact) mass is 300 g/mol. The molecular weight excluding hydrogens is 284 g/mol. The molecule has 0 aliphatic carbocycles. The van der Waals surface area contributed by atoms with Gasteiger partial charge in [-0.05, 0) is 19.1 Å². The summed E-state index contributed by atoms with van der Waals surface area (Å²) in [5.41, 5.74) is 3.33. The van der Waals surface area contributed by atoms with Crippen molar-refractivity contribution in [2.75, 3.05) is 0 Å². The van der Waals surface area contributed by atoms with Gasteiger partial charge in [-0.25, -0.2) is 0 Å². The zero-order valence-electron chi connectivity index (χ0n) is 12.8. The first-order valence-electron chi connectivity index (χ1n) is 7.46. The van der Waals surface area contributed by atoms with Crippen LogP contribution >= 0.6 is 0 Å². The number of hydrogen-bond acceptors (Lipinski definition) is 2. The van der Waals surface area contributed by atoms with E-state index in [1.807, 2.05) is 43.3 Å². The molecule has 0 saturated carbocycles. The maximum absolute atomic E-state index is 12.6. The van der Waals surface area contributed by atoms with Gasteiger partial charge in [0.05, 0.1) is 0 Å². The van der Waals surface area contributed by atoms with Crippen molar-refractivity contribution in [3.05, 3.63) is 107 Å². The van der Waals surface area contributed by atoms with Gasteiger partial charge in [-0.3, -0.25) is 9.59 Å². The van der Waals surface area contributed by atoms with Crippen LogP contribution in [0.2, 0.25) is 0 Å². The summed E-state index contributed by atoms with van der Waals surface area (Å²) in [5.74, 6) is -0.152. The van der Waals surface area contributed by atoms with Crippen LogP contribution in [0.15, 0.2) is 78.9 Å². The normalized spacial score (nSPS) is 10.3. The molecule has 0 amide bonds. The number of aryl methyl sites for hydroxylation is 1. The van der Waals surface area contributed by atoms with Gasteiger partial charge < -0.3 is 0 Å². The van der Waals surface area contributed by atoms with E-state index < -0.39 is 0 Å². The number of hydrogen-bond donors (Lipinski definition) is 0. The lowest BCUT2D eigenvalue weighted by Crippen LogP contribution is -2.06. The summed E-state index contributed by atoms with van der Waals surface area (Å²) in [4.78, 5) is 25.1. The summed E-state index contributed by atoms with van der Waals surface area (Å²) < 4.78 is 0. The van der Waals surface area contributed by atoms with E-state index in [-0.39, 0.29) is 11.6 Å². The SMILES string of the molecule is Cc1cccc(C(=O)c2cccc(C(=O)c3ccccc3)c2)c1. The standard InChI is InChI=1S/C21H16O2/c1-15-7-5-10-17(13-15)21(23)19-12-6-11-18(14-19)20(22)16-8-3-2-4-9-16/h2-14H,1H3. The molecule has 0 atom stereocenters. The lowest BCUT2D eigenvalue weighted by molar-refractivity contribution is 0.103. The molecular formula is C21H16O2. The maximum Gasteiger partial charge on any atom is 0.193 e. The van der Waals surface area contributed by atoms with Gasteiger partial charge in [-0.2, -0.15) is 0 Å². The van der Waals surface area contributed by atoms with Crippen LogP contribution in [0.4, 0.5) is 0 Å². The Balaban J connectivity index is 1.94. The molecule has 0 radical (unpaired) electrons. The minimum absolute atomic E-state index is 0.0728. The van der Waals surface area contributed by atoms with Gasteiger partial charge in [0.15, 0.2) is 11.6 Å². The van der Waals surface area contributed by atoms with E-state index in [2.05, 4.69) is 0 Å². The predicted molar refractivity (Wildman–Crippen MR) is 90.9 cm³/mol. The Hall–Kier alpha value is -3.00. The summed E-state index contributed by atoms with van der Waals surface area (Å²) in [5, 5.41) is 0. The van der Waals surface area contributed by atoms with Crippen molar-refractivity contribution in [3.63, 3.8) is 0 Å². The second-order valence-electron chi connectivity index (χ2n) is 5.47. The molecule has 112 valence electrons. The second kappa shape index (κ2) is 6.41. The summed E-state index contributed by atoms with van der Waals surface area (Å²) in [6.07, 6.45) is 0. The van der Waals surface area contributed by atoms with Crippen LogP contribution in [0.1, 0.15) is 37.4 Å². The number of benzene rings is 3. The minimum Gasteiger partial charge on any atom is -0.289 e. The van der Waals surface area contributed by atoms with Gasteiger partial charge >= 0.3 is 0 Å². The topological polar surface area (TPSA) is 34.1 Å². The van der Waals surface area contributed by atoms with Crippen LogP contribution in [-0.4, -0.2) is 11.6 Å². The Morgan fingerprint density at radius 2 is 1.04 bits per heavy atom. The van der Waals surface area contributed by atoms with Crippen molar-refractivity contribution in [2.45, 2.75) is 6.92 Å². The summed E-state index contributed by atoms with van der Waals surface area (Å²) >= 11 is 0. The zero-order valence-corrected chi connectivity index (χ0v) is 12.8. The Morgan fingerprint density at radius 1 is 0.565 bits per heavy atom. The van der Waals surface area contributed by atoms with Crippen LogP contribution in [0.3, 0.4) is 0 Å². The van der Waals surface area contributed by atoms with Crippen molar-refractivity contribution >= 4 is 11.6 Å². The fourth-order valence-corrected chi connectivity index (χ4v) is 2.51. The Labute approximate surface area is 135 Å². The van der Waals surface area contributed by atoms with E-state index in [1.54, 1.807) is 42.5 Å². The van der Waals surface area contributed by atoms with Crippen LogP contribution in [0.25, 0.3) is 0 Å². The molecule has 0 N–H and O–H groups in total. The van der Waals surface area contributed by atoms with Crippen molar-refractivity contribution in [1.29, 1.82) is 0 Å². The number of carbonyl (C=O) groups excluding carboxylic acids is 2. The molecule has 23 heavy (non-hydrogen) atoms. The van der Waals surface area contributed by atoms with E-state index in [4.69, 9.17) is 0 Å². The highest BCUT2D eigenvalue weighted by Crippen LogP contribution is 2.16. The first kappa shape index (κ1) is 14.9. The highest BCUT2D eigenvalue weighted by atomic mass is 16.1. The van der Waals surface area contributed by atoms with Gasteiger partial charge in [0.2, 0.25) is 0 Å². The smallest absolute Gasteiger partial charge is 0.193 e. The van der Waals surface area contributed by atoms with Crippen molar-refractivity contribution in [3.8, 4) is 0 Å². The van der Waals surface area contributed by atoms with Crippen molar-refractivity contribution in [1.82, 2.24) is 0 Å². The molecule has 3 aromatic rings. The Morgan fingerprint density at radius 3 is 1.65 bits per heavy atom. The van der Waals surface area contributed by atoms with Crippen LogP contribution in [0.5, 0.6) is 0 Å². The van der Waals surface area contributed by atoms with E-state index >= 15 is 0 Å². The molecule has 2 nitrogen and oxygen atoms in total. The first-order chi connectivity index (χ1) is 11.1. The molecule has 0 aliphatic heterocycles. The van der Waals surface area contributed by atoms with Crippen LogP contribution in [-0.2, 0) is 0 Å². The predicted octanol–water partition coefficient (Wildman–Crippen LogP) is 4.46. The fraction of sp³-hybridized carbons (Fsp3) is 0.0476. The van der Waals surface area contributed by atoms with Gasteiger partial charge in [-0.15, -0.1) is 0 Å². The Kier molecular flexibility index (Phi) is 4.15. The second-order valence-corrected chi connectivity index (χ2v) is 5.47. The molecule has 0 spiro atoms. The summed E-state index contributed by atoms with van der Waals surface area (Å²) in [6.45, 7) is 1.95. The first-order valence-corrected chi connectivity index (χ1v) is 7.46. The molecule has 0 unspecified atom stereocenters. The molecule has 0 aliphatic rings. The third-order valence-electron chi connectivity index (χ3n) is 3.70. The number of ketones is 2. The average molecular weight is 300 g/mol. The average Bonchev–Trinajstić information content (AvgIpc) is 2.61. The highest BCUT2D eigenvalue weighted by Gasteiger charge is 2.13. The third-order valence-corrected chi connectivity index (χ3v) is 3.70. The van der Waals surface area contributed by atoms with Gasteiger partial charge in [0.1, 0.15) is 0 Å². The number of rotatable bonds is 4. The molecule has 0 fully saturated rings. The van der Waals surface area contributed by atoms with E-state index in [1.165, 1.54) is 0 Å². The molecule has 0 heterocycles. The van der Waals surface area contributed by atoms with Gasteiger partial charge in [-0.1, -0.05) is 72.3 Å². The molecule has 0 saturated heterocycles. The molecule has 3 aromatic carbocycles. The zero-order chi connectivity index (χ0) is 16.2. The summed E-state index contributed by atoms with van der Waals surface area (Å²) in [7, 11) is 0. The molecule has 3 rings (SSSR count). The Bertz CT molecular complexity index is 864. The highest BCUT2D eigenvalue weighted by molar-refractivity contribution is 6.13. The lowest BCUT2D eigenvalue weighted by Gasteiger charge is -2.05. The maximum atomic E-state index is 12.6. The number of carbonyl (C=O) groups is 2. The minimum atomic E-state index is -0.0792. The summed E-state index contributed by atoms with van der Waals surface area (Å²) in [6, 6.07) is 23.4. The molecule has 2 heteroatoms. The van der Waals surface area contributed by atoms with Gasteiger partial charge in [0, 0.05) is 22.3 Å². The van der Waals surface area contributed by atoms with E-state index in [9.17, 15) is 9.59 Å². The van der Waals surface area contributed by atoms with Crippen molar-refractivity contribution < 1.29 is 9.59 Å². The van der Waals surface area contributed by atoms with Crippen molar-refractivity contribution in [2.24, 2.45) is 0 Å². The quantitative estimate of drug-likeness (QED) is 0.667. The van der Waals surface area contributed by atoms with E-state index in [0.717, 1.165) is 5.56 Å².